The summed E-state index contributed by atoms with van der Waals surface area (Å²) in [5, 5.41) is 9.15. The SMILES string of the molecule is CCCCCOc1ccc2oc(C(=O)O)cc(=O)c2c1. The minimum Gasteiger partial charge on any atom is -0.494 e. The predicted molar refractivity (Wildman–Crippen MR) is 74.5 cm³/mol. The number of rotatable bonds is 6. The standard InChI is InChI=1S/C15H16O5/c1-2-3-4-7-19-10-5-6-13-11(8-10)12(16)9-14(20-13)15(17)18/h5-6,8-9H,2-4,7H2,1H3,(H,17,18). The monoisotopic (exact) mass is 276 g/mol. The fraction of sp³-hybridized carbons (Fsp3) is 0.333. The Morgan fingerprint density at radius 2 is 2.10 bits per heavy atom. The van der Waals surface area contributed by atoms with Crippen molar-refractivity contribution in [2.24, 2.45) is 0 Å². The first kappa shape index (κ1) is 14.1. The van der Waals surface area contributed by atoms with Crippen LogP contribution in [0.15, 0.2) is 33.5 Å². The van der Waals surface area contributed by atoms with Gasteiger partial charge < -0.3 is 14.3 Å². The maximum Gasteiger partial charge on any atom is 0.371 e. The second kappa shape index (κ2) is 6.23. The average molecular weight is 276 g/mol. The number of hydrogen-bond acceptors (Lipinski definition) is 4. The molecule has 2 aromatic rings. The van der Waals surface area contributed by atoms with Crippen LogP contribution in [-0.2, 0) is 0 Å². The van der Waals surface area contributed by atoms with Gasteiger partial charge in [0.2, 0.25) is 5.76 Å². The lowest BCUT2D eigenvalue weighted by Gasteiger charge is -2.06. The third-order valence-corrected chi connectivity index (χ3v) is 2.93. The van der Waals surface area contributed by atoms with Crippen molar-refractivity contribution in [3.63, 3.8) is 0 Å². The highest BCUT2D eigenvalue weighted by atomic mass is 16.5. The van der Waals surface area contributed by atoms with E-state index in [4.69, 9.17) is 14.3 Å². The lowest BCUT2D eigenvalue weighted by atomic mass is 10.2. The summed E-state index contributed by atoms with van der Waals surface area (Å²) in [6.45, 7) is 2.71. The van der Waals surface area contributed by atoms with Crippen LogP contribution in [0.25, 0.3) is 11.0 Å². The number of unbranched alkanes of at least 4 members (excludes halogenated alkanes) is 2. The lowest BCUT2D eigenvalue weighted by molar-refractivity contribution is 0.0663. The molecule has 1 aromatic carbocycles. The van der Waals surface area contributed by atoms with E-state index in [1.807, 2.05) is 0 Å². The molecule has 0 radical (unpaired) electrons. The minimum atomic E-state index is -1.26. The van der Waals surface area contributed by atoms with Crippen molar-refractivity contribution in [1.82, 2.24) is 0 Å². The highest BCUT2D eigenvalue weighted by Crippen LogP contribution is 2.19. The highest BCUT2D eigenvalue weighted by molar-refractivity contribution is 5.87. The number of carboxylic acid groups (broad SMARTS) is 1. The summed E-state index contributed by atoms with van der Waals surface area (Å²) >= 11 is 0. The Balaban J connectivity index is 2.26. The van der Waals surface area contributed by atoms with Gasteiger partial charge in [0.25, 0.3) is 0 Å². The van der Waals surface area contributed by atoms with Crippen LogP contribution < -0.4 is 10.2 Å². The number of fused-ring (bicyclic) bond motifs is 1. The second-order valence-corrected chi connectivity index (χ2v) is 4.49. The summed E-state index contributed by atoms with van der Waals surface area (Å²) in [6, 6.07) is 5.78. The van der Waals surface area contributed by atoms with E-state index in [1.165, 1.54) is 0 Å². The molecule has 0 amide bonds. The molecule has 0 saturated heterocycles. The zero-order chi connectivity index (χ0) is 14.5. The van der Waals surface area contributed by atoms with Gasteiger partial charge in [-0.05, 0) is 24.6 Å². The first-order valence-electron chi connectivity index (χ1n) is 6.56. The van der Waals surface area contributed by atoms with Gasteiger partial charge in [0.15, 0.2) is 5.43 Å². The molecule has 0 atom stereocenters. The van der Waals surface area contributed by atoms with Crippen molar-refractivity contribution in [3.05, 3.63) is 40.2 Å². The Morgan fingerprint density at radius 1 is 1.30 bits per heavy atom. The van der Waals surface area contributed by atoms with Crippen LogP contribution in [0, 0.1) is 0 Å². The van der Waals surface area contributed by atoms with Gasteiger partial charge in [-0.25, -0.2) is 4.79 Å². The van der Waals surface area contributed by atoms with Crippen LogP contribution in [0.4, 0.5) is 0 Å². The van der Waals surface area contributed by atoms with Gasteiger partial charge in [-0.2, -0.15) is 0 Å². The van der Waals surface area contributed by atoms with Crippen molar-refractivity contribution >= 4 is 16.9 Å². The zero-order valence-electron chi connectivity index (χ0n) is 11.2. The van der Waals surface area contributed by atoms with Gasteiger partial charge in [-0.3, -0.25) is 4.79 Å². The molecule has 0 aliphatic rings. The molecule has 0 bridgehead atoms. The number of hydrogen-bond donors (Lipinski definition) is 1. The van der Waals surface area contributed by atoms with Gasteiger partial charge in [0.1, 0.15) is 11.3 Å². The van der Waals surface area contributed by atoms with Crippen molar-refractivity contribution in [3.8, 4) is 5.75 Å². The molecule has 0 spiro atoms. The van der Waals surface area contributed by atoms with Crippen LogP contribution in [0.2, 0.25) is 0 Å². The van der Waals surface area contributed by atoms with Gasteiger partial charge >= 0.3 is 5.97 Å². The summed E-state index contributed by atoms with van der Waals surface area (Å²) in [7, 11) is 0. The van der Waals surface area contributed by atoms with E-state index in [1.54, 1.807) is 18.2 Å². The van der Waals surface area contributed by atoms with Crippen molar-refractivity contribution in [2.45, 2.75) is 26.2 Å². The fourth-order valence-electron chi connectivity index (χ4n) is 1.87. The smallest absolute Gasteiger partial charge is 0.371 e. The van der Waals surface area contributed by atoms with E-state index in [2.05, 4.69) is 6.92 Å². The zero-order valence-corrected chi connectivity index (χ0v) is 11.2. The molecule has 0 unspecified atom stereocenters. The summed E-state index contributed by atoms with van der Waals surface area (Å²) in [4.78, 5) is 22.7. The predicted octanol–water partition coefficient (Wildman–Crippen LogP) is 3.06. The quantitative estimate of drug-likeness (QED) is 0.820. The molecule has 0 aliphatic carbocycles. The van der Waals surface area contributed by atoms with Crippen LogP contribution in [-0.4, -0.2) is 17.7 Å². The molecule has 2 rings (SSSR count). The Kier molecular flexibility index (Phi) is 4.40. The Bertz CT molecular complexity index is 672. The molecule has 0 fully saturated rings. The van der Waals surface area contributed by atoms with E-state index in [0.29, 0.717) is 17.7 Å². The minimum absolute atomic E-state index is 0.246. The summed E-state index contributed by atoms with van der Waals surface area (Å²) in [5.41, 5.74) is -0.140. The maximum atomic E-state index is 11.9. The van der Waals surface area contributed by atoms with Crippen LogP contribution >= 0.6 is 0 Å². The van der Waals surface area contributed by atoms with E-state index in [0.717, 1.165) is 25.3 Å². The number of ether oxygens (including phenoxy) is 1. The van der Waals surface area contributed by atoms with E-state index in [9.17, 15) is 9.59 Å². The summed E-state index contributed by atoms with van der Waals surface area (Å²) in [5.74, 6) is -1.04. The topological polar surface area (TPSA) is 76.7 Å². The van der Waals surface area contributed by atoms with Crippen molar-refractivity contribution in [2.75, 3.05) is 6.61 Å². The molecule has 0 saturated carbocycles. The van der Waals surface area contributed by atoms with E-state index >= 15 is 0 Å². The third-order valence-electron chi connectivity index (χ3n) is 2.93. The second-order valence-electron chi connectivity index (χ2n) is 4.49. The largest absolute Gasteiger partial charge is 0.494 e. The number of carboxylic acids is 1. The van der Waals surface area contributed by atoms with Crippen LogP contribution in [0.5, 0.6) is 5.75 Å². The Hall–Kier alpha value is -2.30. The van der Waals surface area contributed by atoms with Crippen LogP contribution in [0.1, 0.15) is 36.7 Å². The Morgan fingerprint density at radius 3 is 2.80 bits per heavy atom. The first-order valence-corrected chi connectivity index (χ1v) is 6.56. The molecule has 1 aromatic heterocycles. The van der Waals surface area contributed by atoms with Crippen LogP contribution in [0.3, 0.4) is 0 Å². The molecule has 5 nitrogen and oxygen atoms in total. The van der Waals surface area contributed by atoms with E-state index < -0.39 is 5.97 Å². The molecule has 1 heterocycles. The molecule has 1 N–H and O–H groups in total. The third kappa shape index (κ3) is 3.17. The number of carbonyl (C=O) groups is 1. The fourth-order valence-corrected chi connectivity index (χ4v) is 1.87. The van der Waals surface area contributed by atoms with Gasteiger partial charge in [-0.1, -0.05) is 19.8 Å². The first-order chi connectivity index (χ1) is 9.61. The normalized spacial score (nSPS) is 10.7. The molecule has 5 heteroatoms. The van der Waals surface area contributed by atoms with Gasteiger partial charge in [0.05, 0.1) is 12.0 Å². The summed E-state index contributed by atoms with van der Waals surface area (Å²) < 4.78 is 10.7. The molecular formula is C15H16O5. The maximum absolute atomic E-state index is 11.9. The lowest BCUT2D eigenvalue weighted by Crippen LogP contribution is -2.06. The number of aromatic carboxylic acids is 1. The molecule has 106 valence electrons. The van der Waals surface area contributed by atoms with E-state index in [-0.39, 0.29) is 16.8 Å². The van der Waals surface area contributed by atoms with Crippen molar-refractivity contribution < 1.29 is 19.1 Å². The molecule has 0 aliphatic heterocycles. The summed E-state index contributed by atoms with van der Waals surface area (Å²) in [6.07, 6.45) is 3.17. The highest BCUT2D eigenvalue weighted by Gasteiger charge is 2.11. The molecule has 20 heavy (non-hydrogen) atoms. The molecular weight excluding hydrogens is 260 g/mol. The average Bonchev–Trinajstić information content (AvgIpc) is 2.43. The number of benzene rings is 1. The van der Waals surface area contributed by atoms with Gasteiger partial charge in [-0.15, -0.1) is 0 Å². The van der Waals surface area contributed by atoms with Crippen molar-refractivity contribution in [1.29, 1.82) is 0 Å². The Labute approximate surface area is 115 Å². The van der Waals surface area contributed by atoms with Gasteiger partial charge in [0, 0.05) is 6.07 Å².